The molecule has 0 aliphatic rings. The van der Waals surface area contributed by atoms with Crippen LogP contribution < -0.4 is 11.3 Å². The van der Waals surface area contributed by atoms with Crippen molar-refractivity contribution < 1.29 is 0 Å². The number of hydrogen-bond donors (Lipinski definition) is 2. The maximum Gasteiger partial charge on any atom is 0.0359 e. The Balaban J connectivity index is 0.00000121. The van der Waals surface area contributed by atoms with Gasteiger partial charge in [0.05, 0.1) is 0 Å². The third kappa shape index (κ3) is 3.33. The number of halogens is 3. The van der Waals surface area contributed by atoms with Gasteiger partial charge < -0.3 is 0 Å². The van der Waals surface area contributed by atoms with E-state index in [4.69, 9.17) is 5.84 Å². The predicted octanol–water partition coefficient (Wildman–Crippen LogP) is 2.28. The molecule has 0 unspecified atom stereocenters. The van der Waals surface area contributed by atoms with Crippen molar-refractivity contribution >= 4 is 57.6 Å². The standard InChI is InChI=1S/C7H8I2N2.ClH/c8-6-3-1-2-5(4-11-10)7(6)9;/h1-3,11H,4,10H2;1H. The maximum absolute atomic E-state index is 5.22. The van der Waals surface area contributed by atoms with Crippen LogP contribution in [0.5, 0.6) is 0 Å². The minimum atomic E-state index is 0. The summed E-state index contributed by atoms with van der Waals surface area (Å²) < 4.78 is 2.56. The highest BCUT2D eigenvalue weighted by atomic mass is 127. The molecule has 1 aromatic rings. The Bertz CT molecular complexity index is 255. The highest BCUT2D eigenvalue weighted by molar-refractivity contribution is 14.1. The molecule has 68 valence electrons. The molecule has 0 saturated carbocycles. The molecule has 1 aromatic carbocycles. The van der Waals surface area contributed by atoms with Crippen LogP contribution in [-0.4, -0.2) is 0 Å². The van der Waals surface area contributed by atoms with Crippen molar-refractivity contribution in [3.05, 3.63) is 30.9 Å². The van der Waals surface area contributed by atoms with Gasteiger partial charge in [-0.3, -0.25) is 11.3 Å². The molecule has 0 radical (unpaired) electrons. The van der Waals surface area contributed by atoms with Gasteiger partial charge in [0.1, 0.15) is 0 Å². The van der Waals surface area contributed by atoms with Gasteiger partial charge in [0.25, 0.3) is 0 Å². The Morgan fingerprint density at radius 1 is 1.33 bits per heavy atom. The van der Waals surface area contributed by atoms with Gasteiger partial charge in [-0.05, 0) is 56.8 Å². The maximum atomic E-state index is 5.22. The van der Waals surface area contributed by atoms with Crippen molar-refractivity contribution in [1.82, 2.24) is 5.43 Å². The smallest absolute Gasteiger partial charge is 0.0359 e. The van der Waals surface area contributed by atoms with E-state index in [0.717, 1.165) is 6.54 Å². The molecular weight excluding hydrogens is 401 g/mol. The molecule has 2 nitrogen and oxygen atoms in total. The Morgan fingerprint density at radius 3 is 2.58 bits per heavy atom. The highest BCUT2D eigenvalue weighted by Gasteiger charge is 2.00. The monoisotopic (exact) mass is 410 g/mol. The van der Waals surface area contributed by atoms with Crippen molar-refractivity contribution in [2.24, 2.45) is 5.84 Å². The summed E-state index contributed by atoms with van der Waals surface area (Å²) in [7, 11) is 0. The fraction of sp³-hybridized carbons (Fsp3) is 0.143. The largest absolute Gasteiger partial charge is 0.271 e. The van der Waals surface area contributed by atoms with E-state index in [-0.39, 0.29) is 12.4 Å². The topological polar surface area (TPSA) is 38.0 Å². The summed E-state index contributed by atoms with van der Waals surface area (Å²) in [5, 5.41) is 0. The number of hydrazine groups is 1. The SMILES string of the molecule is Cl.NNCc1cccc(I)c1I. The van der Waals surface area contributed by atoms with Gasteiger partial charge in [0.15, 0.2) is 0 Å². The third-order valence-electron chi connectivity index (χ3n) is 1.32. The van der Waals surface area contributed by atoms with E-state index < -0.39 is 0 Å². The zero-order chi connectivity index (χ0) is 8.27. The number of nitrogens with two attached hydrogens (primary N) is 1. The van der Waals surface area contributed by atoms with Gasteiger partial charge in [-0.25, -0.2) is 0 Å². The van der Waals surface area contributed by atoms with Crippen LogP contribution in [-0.2, 0) is 6.54 Å². The van der Waals surface area contributed by atoms with Crippen LogP contribution in [0.25, 0.3) is 0 Å². The van der Waals surface area contributed by atoms with Crippen molar-refractivity contribution in [3.63, 3.8) is 0 Å². The lowest BCUT2D eigenvalue weighted by atomic mass is 10.2. The van der Waals surface area contributed by atoms with Crippen molar-refractivity contribution in [1.29, 1.82) is 0 Å². The minimum Gasteiger partial charge on any atom is -0.271 e. The second-order valence-corrected chi connectivity index (χ2v) is 4.33. The van der Waals surface area contributed by atoms with E-state index in [1.54, 1.807) is 0 Å². The number of hydrogen-bond acceptors (Lipinski definition) is 2. The van der Waals surface area contributed by atoms with Crippen molar-refractivity contribution in [2.45, 2.75) is 6.54 Å². The molecule has 0 amide bonds. The number of rotatable bonds is 2. The van der Waals surface area contributed by atoms with E-state index in [1.165, 1.54) is 12.7 Å². The summed E-state index contributed by atoms with van der Waals surface area (Å²) in [5.41, 5.74) is 3.89. The first kappa shape index (κ1) is 12.9. The second kappa shape index (κ2) is 6.36. The van der Waals surface area contributed by atoms with Crippen LogP contribution in [0.3, 0.4) is 0 Å². The van der Waals surface area contributed by atoms with Crippen LogP contribution in [0, 0.1) is 7.14 Å². The average molecular weight is 410 g/mol. The van der Waals surface area contributed by atoms with E-state index >= 15 is 0 Å². The first-order valence-corrected chi connectivity index (χ1v) is 5.28. The lowest BCUT2D eigenvalue weighted by molar-refractivity contribution is 0.738. The Morgan fingerprint density at radius 2 is 2.00 bits per heavy atom. The molecule has 0 spiro atoms. The van der Waals surface area contributed by atoms with Crippen molar-refractivity contribution in [3.8, 4) is 0 Å². The van der Waals surface area contributed by atoms with Crippen LogP contribution in [0.4, 0.5) is 0 Å². The minimum absolute atomic E-state index is 0. The van der Waals surface area contributed by atoms with Crippen LogP contribution in [0.1, 0.15) is 5.56 Å². The molecule has 0 fully saturated rings. The fourth-order valence-electron chi connectivity index (χ4n) is 0.795. The van der Waals surface area contributed by atoms with Crippen LogP contribution in [0.15, 0.2) is 18.2 Å². The molecule has 0 aliphatic carbocycles. The molecule has 0 heterocycles. The van der Waals surface area contributed by atoms with Gasteiger partial charge in [-0.15, -0.1) is 12.4 Å². The number of nitrogens with one attached hydrogen (secondary N) is 1. The third-order valence-corrected chi connectivity index (χ3v) is 4.53. The molecule has 0 aromatic heterocycles. The quantitative estimate of drug-likeness (QED) is 0.446. The molecule has 0 saturated heterocycles. The molecule has 0 atom stereocenters. The molecule has 1 rings (SSSR count). The molecule has 3 N–H and O–H groups in total. The molecule has 0 aliphatic heterocycles. The van der Waals surface area contributed by atoms with E-state index in [2.05, 4.69) is 62.7 Å². The van der Waals surface area contributed by atoms with Crippen molar-refractivity contribution in [2.75, 3.05) is 0 Å². The van der Waals surface area contributed by atoms with Crippen LogP contribution >= 0.6 is 57.6 Å². The average Bonchev–Trinajstić information content (AvgIpc) is 1.99. The van der Waals surface area contributed by atoms with E-state index in [1.807, 2.05) is 6.07 Å². The summed E-state index contributed by atoms with van der Waals surface area (Å²) in [5.74, 6) is 5.22. The van der Waals surface area contributed by atoms with Gasteiger partial charge in [0, 0.05) is 13.7 Å². The van der Waals surface area contributed by atoms with Gasteiger partial charge in [0.2, 0.25) is 0 Å². The summed E-state index contributed by atoms with van der Waals surface area (Å²) in [6.45, 7) is 0.731. The summed E-state index contributed by atoms with van der Waals surface area (Å²) in [4.78, 5) is 0. The molecule has 12 heavy (non-hydrogen) atoms. The Labute approximate surface area is 105 Å². The second-order valence-electron chi connectivity index (χ2n) is 2.09. The van der Waals surface area contributed by atoms with Gasteiger partial charge >= 0.3 is 0 Å². The summed E-state index contributed by atoms with van der Waals surface area (Å²) in [6, 6.07) is 6.20. The number of benzene rings is 1. The normalized spacial score (nSPS) is 9.25. The molecule has 0 bridgehead atoms. The molecular formula is C7H9ClI2N2. The van der Waals surface area contributed by atoms with Gasteiger partial charge in [-0.1, -0.05) is 12.1 Å². The summed E-state index contributed by atoms with van der Waals surface area (Å²) in [6.07, 6.45) is 0. The zero-order valence-corrected chi connectivity index (χ0v) is 11.3. The first-order chi connectivity index (χ1) is 5.25. The Hall–Kier alpha value is 0.890. The molecule has 5 heteroatoms. The van der Waals surface area contributed by atoms with Gasteiger partial charge in [-0.2, -0.15) is 0 Å². The predicted molar refractivity (Wildman–Crippen MR) is 70.2 cm³/mol. The summed E-state index contributed by atoms with van der Waals surface area (Å²) >= 11 is 4.64. The lowest BCUT2D eigenvalue weighted by Gasteiger charge is -2.04. The lowest BCUT2D eigenvalue weighted by Crippen LogP contribution is -2.21. The Kier molecular flexibility index (Phi) is 6.83. The van der Waals surface area contributed by atoms with E-state index in [9.17, 15) is 0 Å². The van der Waals surface area contributed by atoms with Crippen LogP contribution in [0.2, 0.25) is 0 Å². The highest BCUT2D eigenvalue weighted by Crippen LogP contribution is 2.18. The zero-order valence-electron chi connectivity index (χ0n) is 6.18. The fourth-order valence-corrected chi connectivity index (χ4v) is 1.90. The first-order valence-electron chi connectivity index (χ1n) is 3.12. The van der Waals surface area contributed by atoms with E-state index in [0.29, 0.717) is 0 Å².